The van der Waals surface area contributed by atoms with Gasteiger partial charge >= 0.3 is 0 Å². The normalized spacial score (nSPS) is 11.2. The van der Waals surface area contributed by atoms with Gasteiger partial charge in [-0.25, -0.2) is 4.68 Å². The van der Waals surface area contributed by atoms with Crippen molar-refractivity contribution in [2.24, 2.45) is 0 Å². The third-order valence-electron chi connectivity index (χ3n) is 3.77. The Balaban J connectivity index is 2.30. The first-order valence-corrected chi connectivity index (χ1v) is 6.81. The van der Waals surface area contributed by atoms with E-state index in [1.807, 2.05) is 28.9 Å². The number of nitrogens with zero attached hydrogens (tertiary/aromatic N) is 3. The number of nitrogen functional groups attached to an aromatic ring is 1. The minimum Gasteiger partial charge on any atom is -0.399 e. The van der Waals surface area contributed by atoms with Crippen molar-refractivity contribution in [1.29, 1.82) is 0 Å². The third kappa shape index (κ3) is 1.84. The summed E-state index contributed by atoms with van der Waals surface area (Å²) in [4.78, 5) is 4.39. The van der Waals surface area contributed by atoms with Crippen LogP contribution in [-0.2, 0) is 6.42 Å². The van der Waals surface area contributed by atoms with E-state index in [-0.39, 0.29) is 0 Å². The molecule has 0 atom stereocenters. The predicted octanol–water partition coefficient (Wildman–Crippen LogP) is 3.18. The summed E-state index contributed by atoms with van der Waals surface area (Å²) in [6, 6.07) is 7.80. The van der Waals surface area contributed by atoms with Gasteiger partial charge in [-0.2, -0.15) is 5.10 Å². The lowest BCUT2D eigenvalue weighted by Gasteiger charge is -2.09. The molecule has 0 saturated carbocycles. The lowest BCUT2D eigenvalue weighted by molar-refractivity contribution is 0.837. The van der Waals surface area contributed by atoms with Crippen LogP contribution in [0.15, 0.2) is 30.5 Å². The van der Waals surface area contributed by atoms with Crippen molar-refractivity contribution in [1.82, 2.24) is 14.8 Å². The fraction of sp³-hybridized carbons (Fsp3) is 0.250. The van der Waals surface area contributed by atoms with Crippen molar-refractivity contribution in [3.8, 4) is 5.69 Å². The summed E-state index contributed by atoms with van der Waals surface area (Å²) in [5.74, 6) is 0. The van der Waals surface area contributed by atoms with Crippen molar-refractivity contribution in [3.63, 3.8) is 0 Å². The van der Waals surface area contributed by atoms with E-state index in [1.54, 1.807) is 6.20 Å². The highest BCUT2D eigenvalue weighted by Crippen LogP contribution is 2.25. The van der Waals surface area contributed by atoms with Gasteiger partial charge in [0.25, 0.3) is 0 Å². The standard InChI is InChI=1S/C16H18N4/c1-4-13-10(2)19-20(11(13)3)16-7-8-18-15-9-12(17)5-6-14(15)16/h5-9H,4,17H2,1-3H3. The number of rotatable bonds is 2. The third-order valence-corrected chi connectivity index (χ3v) is 3.77. The lowest BCUT2D eigenvalue weighted by atomic mass is 10.1. The van der Waals surface area contributed by atoms with Crippen molar-refractivity contribution in [2.75, 3.05) is 5.73 Å². The highest BCUT2D eigenvalue weighted by atomic mass is 15.3. The molecule has 0 saturated heterocycles. The van der Waals surface area contributed by atoms with Gasteiger partial charge in [0, 0.05) is 23.0 Å². The number of hydrogen-bond donors (Lipinski definition) is 1. The highest BCUT2D eigenvalue weighted by molar-refractivity contribution is 5.89. The van der Waals surface area contributed by atoms with Gasteiger partial charge in [0.1, 0.15) is 0 Å². The maximum absolute atomic E-state index is 5.83. The molecule has 2 aromatic heterocycles. The summed E-state index contributed by atoms with van der Waals surface area (Å²) in [5, 5.41) is 5.75. The van der Waals surface area contributed by atoms with Gasteiger partial charge in [-0.1, -0.05) is 6.92 Å². The SMILES string of the molecule is CCc1c(C)nn(-c2ccnc3cc(N)ccc23)c1C. The maximum Gasteiger partial charge on any atom is 0.0758 e. The Kier molecular flexibility index (Phi) is 2.93. The molecular formula is C16H18N4. The van der Waals surface area contributed by atoms with Crippen LogP contribution >= 0.6 is 0 Å². The summed E-state index contributed by atoms with van der Waals surface area (Å²) < 4.78 is 2.01. The Hall–Kier alpha value is -2.36. The van der Waals surface area contributed by atoms with Crippen LogP contribution in [0.2, 0.25) is 0 Å². The number of aryl methyl sites for hydroxylation is 1. The Morgan fingerprint density at radius 2 is 2.00 bits per heavy atom. The molecule has 2 heterocycles. The van der Waals surface area contributed by atoms with Gasteiger partial charge in [-0.15, -0.1) is 0 Å². The molecule has 4 heteroatoms. The second-order valence-electron chi connectivity index (χ2n) is 5.02. The van der Waals surface area contributed by atoms with Gasteiger partial charge in [0.2, 0.25) is 0 Å². The second-order valence-corrected chi connectivity index (χ2v) is 5.02. The van der Waals surface area contributed by atoms with Gasteiger partial charge in [-0.05, 0) is 50.1 Å². The van der Waals surface area contributed by atoms with E-state index in [0.29, 0.717) is 0 Å². The summed E-state index contributed by atoms with van der Waals surface area (Å²) in [5.41, 5.74) is 12.1. The lowest BCUT2D eigenvalue weighted by Crippen LogP contribution is -2.01. The Morgan fingerprint density at radius 3 is 2.70 bits per heavy atom. The molecule has 4 nitrogen and oxygen atoms in total. The first kappa shape index (κ1) is 12.7. The van der Waals surface area contributed by atoms with Gasteiger partial charge in [-0.3, -0.25) is 4.98 Å². The smallest absolute Gasteiger partial charge is 0.0758 e. The van der Waals surface area contributed by atoms with Crippen molar-refractivity contribution >= 4 is 16.6 Å². The van der Waals surface area contributed by atoms with E-state index < -0.39 is 0 Å². The van der Waals surface area contributed by atoms with E-state index in [1.165, 1.54) is 11.3 Å². The van der Waals surface area contributed by atoms with Gasteiger partial charge < -0.3 is 5.73 Å². The van der Waals surface area contributed by atoms with Crippen LogP contribution in [0.1, 0.15) is 23.9 Å². The zero-order valence-electron chi connectivity index (χ0n) is 12.0. The van der Waals surface area contributed by atoms with E-state index in [9.17, 15) is 0 Å². The number of benzene rings is 1. The van der Waals surface area contributed by atoms with Crippen molar-refractivity contribution in [3.05, 3.63) is 47.4 Å². The molecule has 1 aromatic carbocycles. The maximum atomic E-state index is 5.83. The van der Waals surface area contributed by atoms with Gasteiger partial charge in [0.05, 0.1) is 16.9 Å². The molecule has 3 aromatic rings. The first-order valence-electron chi connectivity index (χ1n) is 6.81. The van der Waals surface area contributed by atoms with Crippen LogP contribution in [0.5, 0.6) is 0 Å². The molecule has 0 bridgehead atoms. The van der Waals surface area contributed by atoms with Crippen LogP contribution in [0.25, 0.3) is 16.6 Å². The quantitative estimate of drug-likeness (QED) is 0.725. The van der Waals surface area contributed by atoms with Crippen LogP contribution < -0.4 is 5.73 Å². The number of hydrogen-bond acceptors (Lipinski definition) is 3. The molecule has 0 radical (unpaired) electrons. The molecule has 0 aliphatic heterocycles. The molecule has 0 aliphatic rings. The average molecular weight is 266 g/mol. The number of fused-ring (bicyclic) bond motifs is 1. The molecule has 0 spiro atoms. The molecular weight excluding hydrogens is 248 g/mol. The minimum atomic E-state index is 0.727. The number of pyridine rings is 1. The monoisotopic (exact) mass is 266 g/mol. The highest BCUT2D eigenvalue weighted by Gasteiger charge is 2.13. The molecule has 3 rings (SSSR count). The Labute approximate surface area is 118 Å². The second kappa shape index (κ2) is 4.63. The van der Waals surface area contributed by atoms with Crippen molar-refractivity contribution < 1.29 is 0 Å². The first-order chi connectivity index (χ1) is 9.61. The summed E-state index contributed by atoms with van der Waals surface area (Å²) in [7, 11) is 0. The predicted molar refractivity (Wildman–Crippen MR) is 82.1 cm³/mol. The summed E-state index contributed by atoms with van der Waals surface area (Å²) in [6.07, 6.45) is 2.80. The van der Waals surface area contributed by atoms with E-state index >= 15 is 0 Å². The molecule has 0 unspecified atom stereocenters. The van der Waals surface area contributed by atoms with Crippen LogP contribution in [0.3, 0.4) is 0 Å². The van der Waals surface area contributed by atoms with Crippen LogP contribution in [0, 0.1) is 13.8 Å². The van der Waals surface area contributed by atoms with E-state index in [4.69, 9.17) is 5.73 Å². The summed E-state index contributed by atoms with van der Waals surface area (Å²) in [6.45, 7) is 6.33. The number of anilines is 1. The Bertz CT molecular complexity index is 787. The average Bonchev–Trinajstić information content (AvgIpc) is 2.72. The molecule has 0 aliphatic carbocycles. The van der Waals surface area contributed by atoms with Gasteiger partial charge in [0.15, 0.2) is 0 Å². The minimum absolute atomic E-state index is 0.727. The fourth-order valence-electron chi connectivity index (χ4n) is 2.76. The van der Waals surface area contributed by atoms with E-state index in [2.05, 4.69) is 30.9 Å². The number of nitrogens with two attached hydrogens (primary N) is 1. The Morgan fingerprint density at radius 1 is 1.20 bits per heavy atom. The van der Waals surface area contributed by atoms with Crippen LogP contribution in [0.4, 0.5) is 5.69 Å². The topological polar surface area (TPSA) is 56.7 Å². The summed E-state index contributed by atoms with van der Waals surface area (Å²) >= 11 is 0. The van der Waals surface area contributed by atoms with E-state index in [0.717, 1.165) is 34.4 Å². The zero-order chi connectivity index (χ0) is 14.3. The number of aromatic nitrogens is 3. The molecule has 0 fully saturated rings. The molecule has 2 N–H and O–H groups in total. The van der Waals surface area contributed by atoms with Crippen molar-refractivity contribution in [2.45, 2.75) is 27.2 Å². The molecule has 0 amide bonds. The fourth-order valence-corrected chi connectivity index (χ4v) is 2.76. The zero-order valence-corrected chi connectivity index (χ0v) is 12.0. The largest absolute Gasteiger partial charge is 0.399 e. The van der Waals surface area contributed by atoms with Crippen LogP contribution in [-0.4, -0.2) is 14.8 Å². The molecule has 102 valence electrons. The molecule has 20 heavy (non-hydrogen) atoms.